The number of nitrogens with zero attached hydrogens (tertiary/aromatic N) is 2. The van der Waals surface area contributed by atoms with Crippen molar-refractivity contribution in [2.45, 2.75) is 13.0 Å². The molecule has 1 heterocycles. The smallest absolute Gasteiger partial charge is 0.314 e. The van der Waals surface area contributed by atoms with Crippen molar-refractivity contribution in [3.05, 3.63) is 25.3 Å². The fourth-order valence-corrected chi connectivity index (χ4v) is 1.20. The van der Waals surface area contributed by atoms with Crippen LogP contribution in [0.3, 0.4) is 0 Å². The van der Waals surface area contributed by atoms with Crippen LogP contribution in [0.1, 0.15) is 6.42 Å². The van der Waals surface area contributed by atoms with Gasteiger partial charge in [-0.3, -0.25) is 0 Å². The normalized spacial score (nSPS) is 9.06. The molecule has 2 N–H and O–H groups in total. The molecule has 0 bridgehead atoms. The molecule has 1 aromatic heterocycles. The van der Waals surface area contributed by atoms with Crippen molar-refractivity contribution < 1.29 is 21.8 Å². The topological polar surface area (TPSA) is 49.9 Å². The minimum Gasteiger partial charge on any atom is -1.00 e. The van der Waals surface area contributed by atoms with Gasteiger partial charge in [0.2, 0.25) is 6.33 Å². The Bertz CT molecular complexity index is 337. The number of carbonyl (C=O) groups excluding carboxylic acids is 1. The first-order valence-electron chi connectivity index (χ1n) is 4.91. The molecule has 90 valence electrons. The van der Waals surface area contributed by atoms with E-state index in [1.54, 1.807) is 13.2 Å². The first-order chi connectivity index (χ1) is 7.26. The summed E-state index contributed by atoms with van der Waals surface area (Å²) in [7, 11) is 1.61. The van der Waals surface area contributed by atoms with Crippen LogP contribution in [0.2, 0.25) is 0 Å². The molecule has 2 amide bonds. The number of nitrogens with one attached hydrogen (secondary N) is 2. The molecule has 0 spiro atoms. The molecule has 0 radical (unpaired) electrons. The second-order valence-electron chi connectivity index (χ2n) is 3.14. The molecule has 16 heavy (non-hydrogen) atoms. The highest BCUT2D eigenvalue weighted by molar-refractivity contribution is 5.73. The van der Waals surface area contributed by atoms with Crippen molar-refractivity contribution in [1.82, 2.24) is 15.2 Å². The highest BCUT2D eigenvalue weighted by atomic mass is 35.5. The number of imidazole rings is 1. The Labute approximate surface area is 102 Å². The Kier molecular flexibility index (Phi) is 7.03. The molecule has 1 rings (SSSR count). The van der Waals surface area contributed by atoms with Gasteiger partial charge in [0.15, 0.2) is 0 Å². The molecule has 0 saturated carbocycles. The van der Waals surface area contributed by atoms with E-state index in [1.807, 2.05) is 27.9 Å². The number of hydrogen-bond acceptors (Lipinski definition) is 1. The molecule has 5 nitrogen and oxygen atoms in total. The summed E-state index contributed by atoms with van der Waals surface area (Å²) in [6.45, 7) is 5.21. The van der Waals surface area contributed by atoms with Gasteiger partial charge in [-0.15, -0.1) is 0 Å². The average molecular weight is 245 g/mol. The summed E-state index contributed by atoms with van der Waals surface area (Å²) in [4.78, 5) is 10.8. The predicted molar refractivity (Wildman–Crippen MR) is 58.1 cm³/mol. The van der Waals surface area contributed by atoms with Gasteiger partial charge in [-0.1, -0.05) is 6.58 Å². The van der Waals surface area contributed by atoms with Gasteiger partial charge >= 0.3 is 6.03 Å². The van der Waals surface area contributed by atoms with Gasteiger partial charge in [0.1, 0.15) is 12.4 Å². The monoisotopic (exact) mass is 244 g/mol. The van der Waals surface area contributed by atoms with Crippen LogP contribution in [0, 0.1) is 0 Å². The Hall–Kier alpha value is -1.49. The molecule has 0 unspecified atom stereocenters. The summed E-state index contributed by atoms with van der Waals surface area (Å²) in [5.74, 6) is 0. The first-order valence-corrected chi connectivity index (χ1v) is 4.91. The van der Waals surface area contributed by atoms with Crippen molar-refractivity contribution in [2.75, 3.05) is 13.6 Å². The SMILES string of the molecule is C=Cn1cc[n+](CCCNC(=O)NC)c1.[Cl-]. The molecule has 0 aromatic carbocycles. The van der Waals surface area contributed by atoms with Crippen LogP contribution in [0.15, 0.2) is 25.3 Å². The van der Waals surface area contributed by atoms with Gasteiger partial charge in [0.05, 0.1) is 12.7 Å². The van der Waals surface area contributed by atoms with Gasteiger partial charge < -0.3 is 23.0 Å². The maximum atomic E-state index is 10.8. The second-order valence-corrected chi connectivity index (χ2v) is 3.14. The van der Waals surface area contributed by atoms with Crippen LogP contribution in [0.4, 0.5) is 4.79 Å². The molecule has 0 saturated heterocycles. The predicted octanol–water partition coefficient (Wildman–Crippen LogP) is -2.80. The van der Waals surface area contributed by atoms with Crippen LogP contribution in [-0.4, -0.2) is 24.2 Å². The summed E-state index contributed by atoms with van der Waals surface area (Å²) in [5, 5.41) is 5.24. The number of urea groups is 1. The Morgan fingerprint density at radius 3 is 2.94 bits per heavy atom. The zero-order chi connectivity index (χ0) is 11.1. The van der Waals surface area contributed by atoms with Crippen molar-refractivity contribution in [1.29, 1.82) is 0 Å². The maximum Gasteiger partial charge on any atom is 0.314 e. The fourth-order valence-electron chi connectivity index (χ4n) is 1.20. The largest absolute Gasteiger partial charge is 1.00 e. The van der Waals surface area contributed by atoms with E-state index < -0.39 is 0 Å². The number of rotatable bonds is 5. The lowest BCUT2D eigenvalue weighted by Gasteiger charge is -2.01. The quantitative estimate of drug-likeness (QED) is 0.427. The van der Waals surface area contributed by atoms with Gasteiger partial charge in [0.25, 0.3) is 0 Å². The fraction of sp³-hybridized carbons (Fsp3) is 0.400. The molecule has 0 aliphatic rings. The third-order valence-electron chi connectivity index (χ3n) is 2.03. The molecular weight excluding hydrogens is 228 g/mol. The lowest BCUT2D eigenvalue weighted by molar-refractivity contribution is -0.696. The molecule has 6 heteroatoms. The lowest BCUT2D eigenvalue weighted by Crippen LogP contribution is -3.00. The summed E-state index contributed by atoms with van der Waals surface area (Å²) in [5.41, 5.74) is 0. The Morgan fingerprint density at radius 2 is 2.38 bits per heavy atom. The molecule has 0 aliphatic heterocycles. The highest BCUT2D eigenvalue weighted by Gasteiger charge is 2.00. The number of aryl methyl sites for hydroxylation is 1. The average Bonchev–Trinajstić information content (AvgIpc) is 2.72. The molecule has 1 aromatic rings. The maximum absolute atomic E-state index is 10.8. The van der Waals surface area contributed by atoms with E-state index in [4.69, 9.17) is 0 Å². The molecular formula is C10H17ClN4O. The Morgan fingerprint density at radius 1 is 1.62 bits per heavy atom. The van der Waals surface area contributed by atoms with Crippen LogP contribution < -0.4 is 27.6 Å². The van der Waals surface area contributed by atoms with E-state index in [-0.39, 0.29) is 18.4 Å². The molecule has 0 aliphatic carbocycles. The standard InChI is InChI=1S/C10H16N4O.ClH/c1-3-13-7-8-14(9-13)6-4-5-12-10(15)11-2;/h3,7-9H,1,4-6H2,2H3,(H-,11,12,15);1H. The van der Waals surface area contributed by atoms with Gasteiger partial charge in [-0.05, 0) is 0 Å². The van der Waals surface area contributed by atoms with Crippen LogP contribution in [0.5, 0.6) is 0 Å². The summed E-state index contributed by atoms with van der Waals surface area (Å²) >= 11 is 0. The molecule has 0 fully saturated rings. The van der Waals surface area contributed by atoms with Crippen LogP contribution in [-0.2, 0) is 6.54 Å². The lowest BCUT2D eigenvalue weighted by atomic mass is 10.4. The first kappa shape index (κ1) is 14.5. The third-order valence-corrected chi connectivity index (χ3v) is 2.03. The van der Waals surface area contributed by atoms with E-state index in [1.165, 1.54) is 0 Å². The van der Waals surface area contributed by atoms with Gasteiger partial charge in [-0.25, -0.2) is 13.9 Å². The van der Waals surface area contributed by atoms with Gasteiger partial charge in [0, 0.05) is 20.0 Å². The minimum absolute atomic E-state index is 0. The highest BCUT2D eigenvalue weighted by Crippen LogP contribution is 1.84. The number of carbonyl (C=O) groups is 1. The van der Waals surface area contributed by atoms with E-state index in [9.17, 15) is 4.79 Å². The summed E-state index contributed by atoms with van der Waals surface area (Å²) in [6.07, 6.45) is 8.49. The van der Waals surface area contributed by atoms with Crippen molar-refractivity contribution in [3.63, 3.8) is 0 Å². The number of halogens is 1. The molecule has 0 atom stereocenters. The van der Waals surface area contributed by atoms with Crippen molar-refractivity contribution >= 4 is 12.2 Å². The van der Waals surface area contributed by atoms with Gasteiger partial charge in [-0.2, -0.15) is 0 Å². The van der Waals surface area contributed by atoms with E-state index in [2.05, 4.69) is 17.2 Å². The minimum atomic E-state index is -0.135. The number of amides is 2. The number of hydrogen-bond donors (Lipinski definition) is 2. The van der Waals surface area contributed by atoms with Crippen molar-refractivity contribution in [2.24, 2.45) is 0 Å². The van der Waals surface area contributed by atoms with E-state index in [0.717, 1.165) is 13.0 Å². The second kappa shape index (κ2) is 7.76. The zero-order valence-electron chi connectivity index (χ0n) is 9.32. The van der Waals surface area contributed by atoms with Crippen LogP contribution >= 0.6 is 0 Å². The third kappa shape index (κ3) is 4.84. The van der Waals surface area contributed by atoms with E-state index >= 15 is 0 Å². The summed E-state index contributed by atoms with van der Waals surface area (Å²) in [6, 6.07) is -0.135. The van der Waals surface area contributed by atoms with Crippen LogP contribution in [0.25, 0.3) is 6.20 Å². The number of aromatic nitrogens is 2. The Balaban J connectivity index is 0.00000225. The summed E-state index contributed by atoms with van der Waals surface area (Å²) < 4.78 is 3.93. The zero-order valence-corrected chi connectivity index (χ0v) is 10.1. The van der Waals surface area contributed by atoms with E-state index in [0.29, 0.717) is 6.54 Å². The van der Waals surface area contributed by atoms with Crippen molar-refractivity contribution in [3.8, 4) is 0 Å².